The van der Waals surface area contributed by atoms with Gasteiger partial charge in [-0.15, -0.1) is 0 Å². The number of hydrogen-bond acceptors (Lipinski definition) is 5. The van der Waals surface area contributed by atoms with Crippen LogP contribution in [0.2, 0.25) is 0 Å². The molecule has 0 saturated carbocycles. The Bertz CT molecular complexity index is 236. The Kier molecular flexibility index (Phi) is 11.2. The molecule has 8 heteroatoms. The molecule has 2 amide bonds. The summed E-state index contributed by atoms with van der Waals surface area (Å²) in [6, 6.07) is -0.559. The summed E-state index contributed by atoms with van der Waals surface area (Å²) in [5.74, 6) is -1.15. The van der Waals surface area contributed by atoms with E-state index in [2.05, 4.69) is 10.2 Å². The second kappa shape index (κ2) is 12.1. The first-order chi connectivity index (χ1) is 8.66. The van der Waals surface area contributed by atoms with Crippen molar-refractivity contribution in [2.45, 2.75) is 12.8 Å². The van der Waals surface area contributed by atoms with Crippen molar-refractivity contribution in [1.82, 2.24) is 10.8 Å². The van der Waals surface area contributed by atoms with Gasteiger partial charge in [-0.2, -0.15) is 0 Å². The van der Waals surface area contributed by atoms with E-state index in [0.29, 0.717) is 26.4 Å². The first-order valence-electron chi connectivity index (χ1n) is 5.61. The molecule has 0 radical (unpaired) electrons. The highest BCUT2D eigenvalue weighted by atomic mass is 16.7. The third kappa shape index (κ3) is 12.7. The number of urea groups is 1. The molecule has 0 fully saturated rings. The molecule has 0 spiro atoms. The van der Waals surface area contributed by atoms with Crippen LogP contribution in [0.5, 0.6) is 0 Å². The Balaban J connectivity index is 3.17. The van der Waals surface area contributed by atoms with Crippen LogP contribution in [0.15, 0.2) is 0 Å². The smallest absolute Gasteiger partial charge is 0.338 e. The number of amides is 2. The number of rotatable bonds is 11. The van der Waals surface area contributed by atoms with Crippen LogP contribution in [0.3, 0.4) is 0 Å². The van der Waals surface area contributed by atoms with Gasteiger partial charge < -0.3 is 19.9 Å². The van der Waals surface area contributed by atoms with Crippen LogP contribution in [-0.2, 0) is 19.1 Å². The normalized spacial score (nSPS) is 10.1. The summed E-state index contributed by atoms with van der Waals surface area (Å²) in [6.45, 7) is 1.65. The zero-order chi connectivity index (χ0) is 13.6. The Morgan fingerprint density at radius 1 is 1.17 bits per heavy atom. The number of hydroxylamine groups is 1. The zero-order valence-corrected chi connectivity index (χ0v) is 10.4. The van der Waals surface area contributed by atoms with E-state index in [9.17, 15) is 9.59 Å². The molecule has 0 aliphatic carbocycles. The van der Waals surface area contributed by atoms with Crippen LogP contribution in [-0.4, -0.2) is 57.2 Å². The number of carboxylic acid groups (broad SMARTS) is 1. The number of aliphatic carboxylic acids is 1. The zero-order valence-electron chi connectivity index (χ0n) is 10.4. The number of nitrogens with one attached hydrogen (secondary N) is 2. The van der Waals surface area contributed by atoms with E-state index in [1.165, 1.54) is 0 Å². The lowest BCUT2D eigenvalue weighted by molar-refractivity contribution is -0.144. The summed E-state index contributed by atoms with van der Waals surface area (Å²) in [6.07, 6.45) is 1.58. The molecular formula is C10H20N2O6. The van der Waals surface area contributed by atoms with Crippen molar-refractivity contribution in [1.29, 1.82) is 0 Å². The fraction of sp³-hybridized carbons (Fsp3) is 0.800. The van der Waals surface area contributed by atoms with Crippen molar-refractivity contribution in [2.75, 3.05) is 40.1 Å². The number of unbranched alkanes of at least 4 members (excludes halogenated alkanes) is 1. The molecule has 0 saturated heterocycles. The summed E-state index contributed by atoms with van der Waals surface area (Å²) in [5, 5.41) is 10.8. The molecule has 0 heterocycles. The lowest BCUT2D eigenvalue weighted by Crippen LogP contribution is -2.37. The number of methoxy groups -OCH3 is 1. The van der Waals surface area contributed by atoms with Crippen molar-refractivity contribution >= 4 is 12.0 Å². The molecule has 0 aromatic rings. The average Bonchev–Trinajstić information content (AvgIpc) is 2.32. The molecule has 0 aliphatic heterocycles. The minimum absolute atomic E-state index is 0.468. The number of carbonyl (C=O) groups is 2. The summed E-state index contributed by atoms with van der Waals surface area (Å²) in [7, 11) is 1.61. The van der Waals surface area contributed by atoms with Gasteiger partial charge in [0.15, 0.2) is 6.61 Å². The SMILES string of the molecule is COCCOCCCCNC(=O)NOCC(=O)O. The van der Waals surface area contributed by atoms with Crippen molar-refractivity contribution in [2.24, 2.45) is 0 Å². The van der Waals surface area contributed by atoms with Crippen LogP contribution in [0.25, 0.3) is 0 Å². The van der Waals surface area contributed by atoms with Gasteiger partial charge in [0, 0.05) is 20.3 Å². The molecule has 3 N–H and O–H groups in total. The first-order valence-corrected chi connectivity index (χ1v) is 5.61. The van der Waals surface area contributed by atoms with Crippen LogP contribution in [0.4, 0.5) is 4.79 Å². The molecule has 0 aromatic heterocycles. The van der Waals surface area contributed by atoms with Gasteiger partial charge in [0.25, 0.3) is 0 Å². The maximum atomic E-state index is 11.0. The molecule has 0 unspecified atom stereocenters. The lowest BCUT2D eigenvalue weighted by Gasteiger charge is -2.06. The largest absolute Gasteiger partial charge is 0.479 e. The van der Waals surface area contributed by atoms with Crippen LogP contribution in [0.1, 0.15) is 12.8 Å². The molecule has 0 aromatic carbocycles. The summed E-state index contributed by atoms with van der Waals surface area (Å²) in [5.41, 5.74) is 1.95. The minimum Gasteiger partial charge on any atom is -0.479 e. The van der Waals surface area contributed by atoms with Crippen molar-refractivity contribution < 1.29 is 29.0 Å². The lowest BCUT2D eigenvalue weighted by atomic mass is 10.3. The topological polar surface area (TPSA) is 106 Å². The van der Waals surface area contributed by atoms with Crippen molar-refractivity contribution in [3.63, 3.8) is 0 Å². The van der Waals surface area contributed by atoms with Gasteiger partial charge in [-0.05, 0) is 12.8 Å². The van der Waals surface area contributed by atoms with Crippen LogP contribution < -0.4 is 10.8 Å². The molecule has 0 atom stereocenters. The summed E-state index contributed by atoms with van der Waals surface area (Å²) < 4.78 is 10.0. The van der Waals surface area contributed by atoms with Crippen LogP contribution >= 0.6 is 0 Å². The van der Waals surface area contributed by atoms with Gasteiger partial charge in [0.05, 0.1) is 13.2 Å². The van der Waals surface area contributed by atoms with Crippen molar-refractivity contribution in [3.8, 4) is 0 Å². The van der Waals surface area contributed by atoms with E-state index in [4.69, 9.17) is 14.6 Å². The van der Waals surface area contributed by atoms with Gasteiger partial charge in [-0.3, -0.25) is 4.84 Å². The van der Waals surface area contributed by atoms with Gasteiger partial charge in [-0.1, -0.05) is 0 Å². The highest BCUT2D eigenvalue weighted by Crippen LogP contribution is 1.88. The maximum Gasteiger partial charge on any atom is 0.338 e. The average molecular weight is 264 g/mol. The van der Waals surface area contributed by atoms with E-state index < -0.39 is 18.6 Å². The Labute approximate surface area is 106 Å². The fourth-order valence-corrected chi connectivity index (χ4v) is 0.975. The van der Waals surface area contributed by atoms with E-state index in [0.717, 1.165) is 12.8 Å². The molecule has 106 valence electrons. The first kappa shape index (κ1) is 16.6. The molecule has 0 rings (SSSR count). The maximum absolute atomic E-state index is 11.0. The summed E-state index contributed by atoms with van der Waals surface area (Å²) in [4.78, 5) is 25.5. The number of carbonyl (C=O) groups excluding carboxylic acids is 1. The second-order valence-corrected chi connectivity index (χ2v) is 3.35. The minimum atomic E-state index is -1.15. The number of hydrogen-bond donors (Lipinski definition) is 3. The Hall–Kier alpha value is -1.38. The number of carboxylic acids is 1. The van der Waals surface area contributed by atoms with E-state index in [-0.39, 0.29) is 0 Å². The van der Waals surface area contributed by atoms with Crippen LogP contribution in [0, 0.1) is 0 Å². The van der Waals surface area contributed by atoms with E-state index in [1.807, 2.05) is 5.48 Å². The monoisotopic (exact) mass is 264 g/mol. The second-order valence-electron chi connectivity index (χ2n) is 3.35. The molecule has 0 bridgehead atoms. The summed E-state index contributed by atoms with van der Waals surface area (Å²) >= 11 is 0. The predicted molar refractivity (Wildman–Crippen MR) is 62.1 cm³/mol. The predicted octanol–water partition coefficient (Wildman–Crippen LogP) is -0.255. The van der Waals surface area contributed by atoms with Gasteiger partial charge in [0.2, 0.25) is 0 Å². The van der Waals surface area contributed by atoms with Gasteiger partial charge >= 0.3 is 12.0 Å². The number of ether oxygens (including phenoxy) is 2. The third-order valence-corrected chi connectivity index (χ3v) is 1.79. The quantitative estimate of drug-likeness (QED) is 0.351. The van der Waals surface area contributed by atoms with Gasteiger partial charge in [0.1, 0.15) is 0 Å². The molecular weight excluding hydrogens is 244 g/mol. The Morgan fingerprint density at radius 3 is 2.61 bits per heavy atom. The van der Waals surface area contributed by atoms with E-state index in [1.54, 1.807) is 7.11 Å². The molecule has 18 heavy (non-hydrogen) atoms. The van der Waals surface area contributed by atoms with Gasteiger partial charge in [-0.25, -0.2) is 15.1 Å². The highest BCUT2D eigenvalue weighted by molar-refractivity contribution is 5.73. The van der Waals surface area contributed by atoms with Crippen molar-refractivity contribution in [3.05, 3.63) is 0 Å². The third-order valence-electron chi connectivity index (χ3n) is 1.79. The molecule has 0 aliphatic rings. The fourth-order valence-electron chi connectivity index (χ4n) is 0.975. The van der Waals surface area contributed by atoms with E-state index >= 15 is 0 Å². The highest BCUT2D eigenvalue weighted by Gasteiger charge is 2.01. The molecule has 8 nitrogen and oxygen atoms in total. The Morgan fingerprint density at radius 2 is 1.94 bits per heavy atom. The standard InChI is InChI=1S/C10H20N2O6/c1-16-6-7-17-5-3-2-4-11-10(15)12-18-8-9(13)14/h2-8H2,1H3,(H,13,14)(H2,11,12,15).